The van der Waals surface area contributed by atoms with Crippen LogP contribution < -0.4 is 4.74 Å². The standard InChI is InChI=1S/C12H19NO2S/c1-8-9(2)16-12(13-8)15-11-5-3-10(7-14)4-6-11/h10-11,14H,3-7H2,1-2H3. The van der Waals surface area contributed by atoms with Crippen LogP contribution >= 0.6 is 11.3 Å². The van der Waals surface area contributed by atoms with Crippen LogP contribution in [0.3, 0.4) is 0 Å². The normalized spacial score (nSPS) is 25.7. The number of rotatable bonds is 3. The second-order valence-electron chi connectivity index (χ2n) is 4.56. The Bertz CT molecular complexity index is 323. The summed E-state index contributed by atoms with van der Waals surface area (Å²) in [6, 6.07) is 0. The van der Waals surface area contributed by atoms with E-state index in [0.29, 0.717) is 18.6 Å². The van der Waals surface area contributed by atoms with Crippen molar-refractivity contribution in [3.8, 4) is 5.19 Å². The maximum absolute atomic E-state index is 9.06. The van der Waals surface area contributed by atoms with Crippen molar-refractivity contribution < 1.29 is 9.84 Å². The lowest BCUT2D eigenvalue weighted by molar-refractivity contribution is 0.104. The summed E-state index contributed by atoms with van der Waals surface area (Å²) in [5.41, 5.74) is 1.07. The van der Waals surface area contributed by atoms with Gasteiger partial charge in [-0.15, -0.1) is 0 Å². The first-order valence-electron chi connectivity index (χ1n) is 5.90. The van der Waals surface area contributed by atoms with E-state index in [9.17, 15) is 0 Å². The predicted molar refractivity (Wildman–Crippen MR) is 65.0 cm³/mol. The molecule has 0 atom stereocenters. The van der Waals surface area contributed by atoms with Crippen LogP contribution in [0.25, 0.3) is 0 Å². The molecule has 4 heteroatoms. The van der Waals surface area contributed by atoms with Gasteiger partial charge in [-0.1, -0.05) is 11.3 Å². The van der Waals surface area contributed by atoms with E-state index in [2.05, 4.69) is 11.9 Å². The number of aromatic nitrogens is 1. The summed E-state index contributed by atoms with van der Waals surface area (Å²) in [4.78, 5) is 5.63. The monoisotopic (exact) mass is 241 g/mol. The summed E-state index contributed by atoms with van der Waals surface area (Å²) >= 11 is 1.63. The zero-order chi connectivity index (χ0) is 11.5. The molecule has 1 N–H and O–H groups in total. The minimum atomic E-state index is 0.299. The molecule has 0 spiro atoms. The third-order valence-corrected chi connectivity index (χ3v) is 4.29. The van der Waals surface area contributed by atoms with E-state index in [1.54, 1.807) is 11.3 Å². The molecule has 1 heterocycles. The van der Waals surface area contributed by atoms with Gasteiger partial charge in [0.1, 0.15) is 6.10 Å². The fraction of sp³-hybridized carbons (Fsp3) is 0.750. The number of aliphatic hydroxyl groups excluding tert-OH is 1. The fourth-order valence-corrected chi connectivity index (χ4v) is 2.89. The van der Waals surface area contributed by atoms with E-state index in [0.717, 1.165) is 36.6 Å². The van der Waals surface area contributed by atoms with Gasteiger partial charge in [-0.3, -0.25) is 0 Å². The van der Waals surface area contributed by atoms with Gasteiger partial charge in [-0.05, 0) is 45.4 Å². The van der Waals surface area contributed by atoms with Gasteiger partial charge in [0.15, 0.2) is 0 Å². The number of nitrogens with zero attached hydrogens (tertiary/aromatic N) is 1. The second kappa shape index (κ2) is 5.15. The third kappa shape index (κ3) is 2.74. The van der Waals surface area contributed by atoms with Crippen molar-refractivity contribution in [3.05, 3.63) is 10.6 Å². The summed E-state index contributed by atoms with van der Waals surface area (Å²) in [6.07, 6.45) is 4.54. The van der Waals surface area contributed by atoms with E-state index in [4.69, 9.17) is 9.84 Å². The number of aryl methyl sites for hydroxylation is 2. The second-order valence-corrected chi connectivity index (χ2v) is 5.73. The van der Waals surface area contributed by atoms with Gasteiger partial charge in [-0.25, -0.2) is 4.98 Å². The Balaban J connectivity index is 1.87. The maximum atomic E-state index is 9.06. The molecular weight excluding hydrogens is 222 g/mol. The Morgan fingerprint density at radius 3 is 2.50 bits per heavy atom. The van der Waals surface area contributed by atoms with E-state index in [-0.39, 0.29) is 0 Å². The molecule has 0 bridgehead atoms. The van der Waals surface area contributed by atoms with Crippen LogP contribution in [0.1, 0.15) is 36.3 Å². The summed E-state index contributed by atoms with van der Waals surface area (Å²) in [5, 5.41) is 9.86. The van der Waals surface area contributed by atoms with Crippen molar-refractivity contribution in [3.63, 3.8) is 0 Å². The number of thiazole rings is 1. The molecule has 90 valence electrons. The Morgan fingerprint density at radius 2 is 2.00 bits per heavy atom. The fourth-order valence-electron chi connectivity index (χ4n) is 2.07. The van der Waals surface area contributed by atoms with Crippen LogP contribution in [0.4, 0.5) is 0 Å². The van der Waals surface area contributed by atoms with Gasteiger partial charge in [-0.2, -0.15) is 0 Å². The molecule has 1 aliphatic carbocycles. The SMILES string of the molecule is Cc1nc(OC2CCC(CO)CC2)sc1C. The lowest BCUT2D eigenvalue weighted by Gasteiger charge is -2.26. The highest BCUT2D eigenvalue weighted by molar-refractivity contribution is 7.13. The van der Waals surface area contributed by atoms with E-state index < -0.39 is 0 Å². The van der Waals surface area contributed by atoms with Gasteiger partial charge < -0.3 is 9.84 Å². The van der Waals surface area contributed by atoms with Gasteiger partial charge >= 0.3 is 0 Å². The quantitative estimate of drug-likeness (QED) is 0.884. The molecule has 0 unspecified atom stereocenters. The largest absolute Gasteiger partial charge is 0.467 e. The van der Waals surface area contributed by atoms with Crippen molar-refractivity contribution in [2.24, 2.45) is 5.92 Å². The Kier molecular flexibility index (Phi) is 3.82. The lowest BCUT2D eigenvalue weighted by atomic mass is 9.88. The van der Waals surface area contributed by atoms with Crippen molar-refractivity contribution in [2.45, 2.75) is 45.6 Å². The zero-order valence-electron chi connectivity index (χ0n) is 9.90. The summed E-state index contributed by atoms with van der Waals surface area (Å²) < 4.78 is 5.88. The molecule has 2 rings (SSSR count). The summed E-state index contributed by atoms with van der Waals surface area (Å²) in [5.74, 6) is 0.486. The van der Waals surface area contributed by atoms with Crippen molar-refractivity contribution in [1.29, 1.82) is 0 Å². The number of ether oxygens (including phenoxy) is 1. The molecular formula is C12H19NO2S. The van der Waals surface area contributed by atoms with Crippen LogP contribution in [-0.4, -0.2) is 22.8 Å². The minimum Gasteiger partial charge on any atom is -0.467 e. The lowest BCUT2D eigenvalue weighted by Crippen LogP contribution is -2.25. The zero-order valence-corrected chi connectivity index (χ0v) is 10.7. The Labute approximate surface area is 100 Å². The summed E-state index contributed by atoms with van der Waals surface area (Å²) in [6.45, 7) is 4.41. The molecule has 0 radical (unpaired) electrons. The molecule has 1 aliphatic rings. The molecule has 0 amide bonds. The summed E-state index contributed by atoms with van der Waals surface area (Å²) in [7, 11) is 0. The van der Waals surface area contributed by atoms with Gasteiger partial charge in [0, 0.05) is 11.5 Å². The Morgan fingerprint density at radius 1 is 1.31 bits per heavy atom. The maximum Gasteiger partial charge on any atom is 0.273 e. The first-order valence-corrected chi connectivity index (χ1v) is 6.72. The van der Waals surface area contributed by atoms with Crippen LogP contribution in [0, 0.1) is 19.8 Å². The molecule has 1 fully saturated rings. The molecule has 1 aromatic heterocycles. The van der Waals surface area contributed by atoms with Crippen molar-refractivity contribution in [1.82, 2.24) is 4.98 Å². The van der Waals surface area contributed by atoms with Gasteiger partial charge in [0.05, 0.1) is 5.69 Å². The van der Waals surface area contributed by atoms with E-state index >= 15 is 0 Å². The van der Waals surface area contributed by atoms with Crippen LogP contribution in [-0.2, 0) is 0 Å². The first kappa shape index (κ1) is 11.9. The number of hydrogen-bond acceptors (Lipinski definition) is 4. The topological polar surface area (TPSA) is 42.4 Å². The van der Waals surface area contributed by atoms with Crippen LogP contribution in [0.5, 0.6) is 5.19 Å². The highest BCUT2D eigenvalue weighted by Crippen LogP contribution is 2.30. The average Bonchev–Trinajstić information content (AvgIpc) is 2.59. The smallest absolute Gasteiger partial charge is 0.273 e. The van der Waals surface area contributed by atoms with Crippen LogP contribution in [0.15, 0.2) is 0 Å². The molecule has 0 aromatic carbocycles. The van der Waals surface area contributed by atoms with Gasteiger partial charge in [0.25, 0.3) is 5.19 Å². The molecule has 3 nitrogen and oxygen atoms in total. The first-order chi connectivity index (χ1) is 7.69. The van der Waals surface area contributed by atoms with E-state index in [1.807, 2.05) is 6.92 Å². The molecule has 1 saturated carbocycles. The highest BCUT2D eigenvalue weighted by atomic mass is 32.1. The molecule has 0 aliphatic heterocycles. The minimum absolute atomic E-state index is 0.299. The van der Waals surface area contributed by atoms with Crippen molar-refractivity contribution in [2.75, 3.05) is 6.61 Å². The van der Waals surface area contributed by atoms with Gasteiger partial charge in [0.2, 0.25) is 0 Å². The molecule has 16 heavy (non-hydrogen) atoms. The molecule has 0 saturated heterocycles. The third-order valence-electron chi connectivity index (χ3n) is 3.33. The van der Waals surface area contributed by atoms with Crippen LogP contribution in [0.2, 0.25) is 0 Å². The number of aliphatic hydroxyl groups is 1. The predicted octanol–water partition coefficient (Wildman–Crippen LogP) is 2.69. The Hall–Kier alpha value is -0.610. The number of hydrogen-bond donors (Lipinski definition) is 1. The average molecular weight is 241 g/mol. The van der Waals surface area contributed by atoms with Crippen molar-refractivity contribution >= 4 is 11.3 Å². The molecule has 1 aromatic rings. The van der Waals surface area contributed by atoms with E-state index in [1.165, 1.54) is 4.88 Å². The highest BCUT2D eigenvalue weighted by Gasteiger charge is 2.22.